The van der Waals surface area contributed by atoms with E-state index in [9.17, 15) is 15.3 Å². The maximum Gasteiger partial charge on any atom is 0.158 e. The predicted octanol–water partition coefficient (Wildman–Crippen LogP) is 2.78. The molecule has 0 fully saturated rings. The Morgan fingerprint density at radius 2 is 1.56 bits per heavy atom. The SMILES string of the molecule is Cc1ccc(O)cc1-c1ccc(O)c(O)c1. The molecule has 82 valence electrons. The Bertz CT molecular complexity index is 533. The van der Waals surface area contributed by atoms with Crippen molar-refractivity contribution in [1.29, 1.82) is 0 Å². The lowest BCUT2D eigenvalue weighted by Crippen LogP contribution is -1.83. The van der Waals surface area contributed by atoms with Crippen LogP contribution in [0.25, 0.3) is 11.1 Å². The fraction of sp³-hybridized carbons (Fsp3) is 0.0769. The van der Waals surface area contributed by atoms with E-state index in [0.717, 1.165) is 16.7 Å². The summed E-state index contributed by atoms with van der Waals surface area (Å²) >= 11 is 0. The maximum atomic E-state index is 9.41. The lowest BCUT2D eigenvalue weighted by molar-refractivity contribution is 0.404. The van der Waals surface area contributed by atoms with Gasteiger partial charge in [0.05, 0.1) is 0 Å². The molecule has 2 aromatic rings. The van der Waals surface area contributed by atoms with Crippen LogP contribution >= 0.6 is 0 Å². The van der Waals surface area contributed by atoms with Gasteiger partial charge in [-0.05, 0) is 47.9 Å². The van der Waals surface area contributed by atoms with Crippen LogP contribution < -0.4 is 0 Å². The van der Waals surface area contributed by atoms with Gasteiger partial charge in [0, 0.05) is 0 Å². The number of hydrogen-bond acceptors (Lipinski definition) is 3. The lowest BCUT2D eigenvalue weighted by Gasteiger charge is -2.07. The first-order chi connectivity index (χ1) is 7.58. The summed E-state index contributed by atoms with van der Waals surface area (Å²) in [4.78, 5) is 0. The molecule has 0 unspecified atom stereocenters. The fourth-order valence-electron chi connectivity index (χ4n) is 1.61. The summed E-state index contributed by atoms with van der Waals surface area (Å²) in [5.74, 6) is -0.144. The summed E-state index contributed by atoms with van der Waals surface area (Å²) in [7, 11) is 0. The minimum atomic E-state index is -0.166. The molecule has 0 bridgehead atoms. The molecule has 0 heterocycles. The van der Waals surface area contributed by atoms with Crippen LogP contribution in [0.2, 0.25) is 0 Å². The van der Waals surface area contributed by atoms with Crippen molar-refractivity contribution < 1.29 is 15.3 Å². The third-order valence-corrected chi connectivity index (χ3v) is 2.51. The van der Waals surface area contributed by atoms with Gasteiger partial charge >= 0.3 is 0 Å². The molecule has 0 aliphatic rings. The lowest BCUT2D eigenvalue weighted by atomic mass is 10.00. The number of phenols is 3. The molecule has 3 nitrogen and oxygen atoms in total. The van der Waals surface area contributed by atoms with Gasteiger partial charge in [-0.3, -0.25) is 0 Å². The molecule has 3 N–H and O–H groups in total. The zero-order valence-corrected chi connectivity index (χ0v) is 8.81. The van der Waals surface area contributed by atoms with Gasteiger partial charge in [0.25, 0.3) is 0 Å². The number of hydrogen-bond donors (Lipinski definition) is 3. The third kappa shape index (κ3) is 1.80. The minimum absolute atomic E-state index is 0.151. The molecule has 0 saturated heterocycles. The maximum absolute atomic E-state index is 9.41. The molecule has 0 saturated carbocycles. The van der Waals surface area contributed by atoms with E-state index in [4.69, 9.17) is 0 Å². The smallest absolute Gasteiger partial charge is 0.158 e. The van der Waals surface area contributed by atoms with E-state index >= 15 is 0 Å². The second-order valence-electron chi connectivity index (χ2n) is 3.70. The molecule has 0 atom stereocenters. The molecule has 0 aliphatic heterocycles. The summed E-state index contributed by atoms with van der Waals surface area (Å²) in [5, 5.41) is 28.0. The van der Waals surface area contributed by atoms with Gasteiger partial charge in [-0.25, -0.2) is 0 Å². The Hall–Kier alpha value is -2.16. The summed E-state index contributed by atoms with van der Waals surface area (Å²) in [6.07, 6.45) is 0. The second-order valence-corrected chi connectivity index (χ2v) is 3.70. The fourth-order valence-corrected chi connectivity index (χ4v) is 1.61. The molecule has 2 rings (SSSR count). The summed E-state index contributed by atoms with van der Waals surface area (Å²) < 4.78 is 0. The quantitative estimate of drug-likeness (QED) is 0.642. The van der Waals surface area contributed by atoms with Gasteiger partial charge in [0.1, 0.15) is 5.75 Å². The van der Waals surface area contributed by atoms with E-state index in [2.05, 4.69) is 0 Å². The van der Waals surface area contributed by atoms with Gasteiger partial charge in [0.15, 0.2) is 11.5 Å². The Balaban J connectivity index is 2.58. The standard InChI is InChI=1S/C13H12O3/c1-8-2-4-10(14)7-11(8)9-3-5-12(15)13(16)6-9/h2-7,14-16H,1H3. The van der Waals surface area contributed by atoms with Gasteiger partial charge in [-0.2, -0.15) is 0 Å². The van der Waals surface area contributed by atoms with E-state index in [1.807, 2.05) is 6.92 Å². The van der Waals surface area contributed by atoms with Crippen LogP contribution in [-0.4, -0.2) is 15.3 Å². The van der Waals surface area contributed by atoms with Crippen molar-refractivity contribution in [1.82, 2.24) is 0 Å². The highest BCUT2D eigenvalue weighted by molar-refractivity contribution is 5.71. The van der Waals surface area contributed by atoms with Gasteiger partial charge in [0.2, 0.25) is 0 Å². The topological polar surface area (TPSA) is 60.7 Å². The monoisotopic (exact) mass is 216 g/mol. The van der Waals surface area contributed by atoms with Gasteiger partial charge in [-0.1, -0.05) is 12.1 Å². The average molecular weight is 216 g/mol. The van der Waals surface area contributed by atoms with Crippen LogP contribution in [0.1, 0.15) is 5.56 Å². The molecule has 0 spiro atoms. The second kappa shape index (κ2) is 3.77. The van der Waals surface area contributed by atoms with Crippen molar-refractivity contribution in [3.63, 3.8) is 0 Å². The Labute approximate surface area is 93.2 Å². The van der Waals surface area contributed by atoms with Crippen molar-refractivity contribution in [3.8, 4) is 28.4 Å². The highest BCUT2D eigenvalue weighted by Crippen LogP contribution is 2.33. The van der Waals surface area contributed by atoms with Crippen LogP contribution in [0.3, 0.4) is 0 Å². The first-order valence-corrected chi connectivity index (χ1v) is 4.90. The minimum Gasteiger partial charge on any atom is -0.508 e. The molecular weight excluding hydrogens is 204 g/mol. The van der Waals surface area contributed by atoms with Crippen LogP contribution in [0, 0.1) is 6.92 Å². The Morgan fingerprint density at radius 3 is 2.25 bits per heavy atom. The van der Waals surface area contributed by atoms with Crippen molar-refractivity contribution in [2.24, 2.45) is 0 Å². The summed E-state index contributed by atoms with van der Waals surface area (Å²) in [5.41, 5.74) is 2.57. The summed E-state index contributed by atoms with van der Waals surface area (Å²) in [6, 6.07) is 9.62. The number of benzene rings is 2. The molecule has 0 aromatic heterocycles. The Morgan fingerprint density at radius 1 is 0.812 bits per heavy atom. The zero-order valence-electron chi connectivity index (χ0n) is 8.81. The first kappa shape index (κ1) is 10.4. The Kier molecular flexibility index (Phi) is 2.44. The van der Waals surface area contributed by atoms with E-state index in [1.54, 1.807) is 24.3 Å². The van der Waals surface area contributed by atoms with Crippen molar-refractivity contribution >= 4 is 0 Å². The molecule has 16 heavy (non-hydrogen) atoms. The van der Waals surface area contributed by atoms with Crippen LogP contribution in [0.4, 0.5) is 0 Å². The van der Waals surface area contributed by atoms with E-state index in [-0.39, 0.29) is 17.2 Å². The van der Waals surface area contributed by atoms with E-state index < -0.39 is 0 Å². The van der Waals surface area contributed by atoms with Crippen molar-refractivity contribution in [2.75, 3.05) is 0 Å². The number of rotatable bonds is 1. The molecule has 0 radical (unpaired) electrons. The molecule has 2 aromatic carbocycles. The van der Waals surface area contributed by atoms with Crippen LogP contribution in [0.5, 0.6) is 17.2 Å². The molecular formula is C13H12O3. The van der Waals surface area contributed by atoms with Crippen LogP contribution in [-0.2, 0) is 0 Å². The van der Waals surface area contributed by atoms with Gasteiger partial charge in [-0.15, -0.1) is 0 Å². The van der Waals surface area contributed by atoms with E-state index in [1.165, 1.54) is 12.1 Å². The third-order valence-electron chi connectivity index (χ3n) is 2.51. The number of phenolic OH excluding ortho intramolecular Hbond substituents is 3. The predicted molar refractivity (Wildman–Crippen MR) is 61.6 cm³/mol. The summed E-state index contributed by atoms with van der Waals surface area (Å²) in [6.45, 7) is 1.92. The highest BCUT2D eigenvalue weighted by Gasteiger charge is 2.06. The molecule has 0 amide bonds. The molecule has 3 heteroatoms. The van der Waals surface area contributed by atoms with Gasteiger partial charge < -0.3 is 15.3 Å². The number of aryl methyl sites for hydroxylation is 1. The largest absolute Gasteiger partial charge is 0.508 e. The van der Waals surface area contributed by atoms with E-state index in [0.29, 0.717) is 0 Å². The van der Waals surface area contributed by atoms with Crippen molar-refractivity contribution in [2.45, 2.75) is 6.92 Å². The molecule has 0 aliphatic carbocycles. The normalized spacial score (nSPS) is 10.3. The van der Waals surface area contributed by atoms with Crippen LogP contribution in [0.15, 0.2) is 36.4 Å². The first-order valence-electron chi connectivity index (χ1n) is 4.90. The zero-order chi connectivity index (χ0) is 11.7. The highest BCUT2D eigenvalue weighted by atomic mass is 16.3. The van der Waals surface area contributed by atoms with Crippen molar-refractivity contribution in [3.05, 3.63) is 42.0 Å². The number of aromatic hydroxyl groups is 3. The average Bonchev–Trinajstić information content (AvgIpc) is 2.26.